The number of unbranched alkanes of at least 4 members (excludes halogenated alkanes) is 1. The molecule has 2 fully saturated rings. The van der Waals surface area contributed by atoms with Crippen LogP contribution in [0.1, 0.15) is 38.5 Å². The minimum absolute atomic E-state index is 0.0310. The molecule has 10 heteroatoms. The number of rotatable bonds is 6. The van der Waals surface area contributed by atoms with E-state index in [2.05, 4.69) is 0 Å². The summed E-state index contributed by atoms with van der Waals surface area (Å²) in [5.41, 5.74) is 5.48. The molecule has 0 aromatic rings. The van der Waals surface area contributed by atoms with E-state index in [1.54, 1.807) is 0 Å². The van der Waals surface area contributed by atoms with Crippen molar-refractivity contribution in [3.8, 4) is 0 Å². The number of amides is 2. The molecule has 2 saturated heterocycles. The highest BCUT2D eigenvalue weighted by molar-refractivity contribution is 7.67. The number of nitrogens with two attached hydrogens (primary N) is 1. The van der Waals surface area contributed by atoms with E-state index in [1.165, 1.54) is 5.01 Å². The Morgan fingerprint density at radius 2 is 2.00 bits per heavy atom. The van der Waals surface area contributed by atoms with Gasteiger partial charge in [-0.05, 0) is 38.6 Å². The topological polar surface area (TPSA) is 144 Å². The van der Waals surface area contributed by atoms with Crippen LogP contribution in [0.4, 0.5) is 0 Å². The maximum atomic E-state index is 12.8. The first-order chi connectivity index (χ1) is 11.8. The van der Waals surface area contributed by atoms with Crippen molar-refractivity contribution in [2.75, 3.05) is 19.3 Å². The second-order valence-corrected chi connectivity index (χ2v) is 8.60. The summed E-state index contributed by atoms with van der Waals surface area (Å²) >= 11 is 0. The van der Waals surface area contributed by atoms with Gasteiger partial charge in [0.25, 0.3) is 13.6 Å². The highest BCUT2D eigenvalue weighted by Crippen LogP contribution is 2.53. The van der Waals surface area contributed by atoms with Gasteiger partial charge in [0, 0.05) is 13.0 Å². The van der Waals surface area contributed by atoms with Crippen molar-refractivity contribution in [1.82, 2.24) is 10.0 Å². The molecule has 2 aliphatic rings. The van der Waals surface area contributed by atoms with Crippen molar-refractivity contribution < 1.29 is 29.3 Å². The van der Waals surface area contributed by atoms with Crippen LogP contribution in [0.3, 0.4) is 0 Å². The first-order valence-electron chi connectivity index (χ1n) is 8.38. The minimum atomic E-state index is -3.45. The maximum Gasteiger partial charge on any atom is 0.328 e. The summed E-state index contributed by atoms with van der Waals surface area (Å²) in [6.45, 7) is 0.726. The fourth-order valence-corrected chi connectivity index (χ4v) is 4.66. The molecule has 0 unspecified atom stereocenters. The lowest BCUT2D eigenvalue weighted by Gasteiger charge is -2.41. The molecule has 0 radical (unpaired) electrons. The van der Waals surface area contributed by atoms with Crippen LogP contribution in [0, 0.1) is 0 Å². The molecule has 1 atom stereocenters. The Morgan fingerprint density at radius 1 is 1.28 bits per heavy atom. The minimum Gasteiger partial charge on any atom is -0.480 e. The first kappa shape index (κ1) is 19.8. The highest BCUT2D eigenvalue weighted by Gasteiger charge is 2.44. The molecule has 0 bridgehead atoms. The summed E-state index contributed by atoms with van der Waals surface area (Å²) in [6.07, 6.45) is 2.12. The molecule has 0 aromatic heterocycles. The van der Waals surface area contributed by atoms with Gasteiger partial charge in [-0.3, -0.25) is 14.6 Å². The predicted octanol–water partition coefficient (Wildman–Crippen LogP) is 0.0544. The van der Waals surface area contributed by atoms with E-state index < -0.39 is 25.6 Å². The Labute approximate surface area is 146 Å². The molecule has 0 aliphatic carbocycles. The van der Waals surface area contributed by atoms with E-state index in [1.807, 2.05) is 0 Å². The van der Waals surface area contributed by atoms with Gasteiger partial charge < -0.3 is 10.8 Å². The molecule has 2 amide bonds. The molecular formula is C15H25N3O6P+. The van der Waals surface area contributed by atoms with Gasteiger partial charge in [-0.2, -0.15) is 0 Å². The summed E-state index contributed by atoms with van der Waals surface area (Å²) < 4.78 is 0. The lowest BCUT2D eigenvalue weighted by Crippen LogP contribution is -2.59. The number of hydrogen-bond donors (Lipinski definition) is 4. The molecule has 2 heterocycles. The zero-order valence-electron chi connectivity index (χ0n) is 14.0. The fraction of sp³-hybridized carbons (Fsp3) is 0.667. The van der Waals surface area contributed by atoms with Crippen LogP contribution in [-0.4, -0.2) is 68.0 Å². The lowest BCUT2D eigenvalue weighted by molar-refractivity contribution is -0.178. The molecule has 5 N–H and O–H groups in total. The average molecular weight is 374 g/mol. The zero-order valence-corrected chi connectivity index (χ0v) is 14.9. The van der Waals surface area contributed by atoms with Crippen LogP contribution < -0.4 is 5.73 Å². The van der Waals surface area contributed by atoms with E-state index in [-0.39, 0.29) is 43.4 Å². The number of hydrogen-bond acceptors (Lipinski definition) is 6. The van der Waals surface area contributed by atoms with Crippen molar-refractivity contribution in [2.45, 2.75) is 44.6 Å². The van der Waals surface area contributed by atoms with E-state index in [9.17, 15) is 29.3 Å². The number of aliphatic carboxylic acids is 1. The molecule has 0 aromatic carbocycles. The standard InChI is InChI=1S/C15H24N3O6P/c16-7-1-2-9-25(23,24)10-11-5-6-13(19)17-8-3-4-12(15(21)22)18(17)14(11)20/h10,12,23-24H,1-9,16H2/p+1/t12-/m0/s1. The molecule has 0 saturated carbocycles. The van der Waals surface area contributed by atoms with Gasteiger partial charge in [0.15, 0.2) is 6.04 Å². The first-order valence-corrected chi connectivity index (χ1v) is 10.3. The molecule has 140 valence electrons. The van der Waals surface area contributed by atoms with Gasteiger partial charge in [0.2, 0.25) is 5.91 Å². The quantitative estimate of drug-likeness (QED) is 0.292. The van der Waals surface area contributed by atoms with Crippen molar-refractivity contribution in [3.05, 3.63) is 11.4 Å². The molecule has 25 heavy (non-hydrogen) atoms. The maximum absolute atomic E-state index is 12.8. The molecular weight excluding hydrogens is 349 g/mol. The van der Waals surface area contributed by atoms with Crippen LogP contribution in [0.2, 0.25) is 0 Å². The second-order valence-electron chi connectivity index (χ2n) is 6.32. The SMILES string of the molecule is NCCCC[P+](O)(O)C=C1CCC(=O)N2CCC[C@@H](C(=O)O)N2C1=O. The Hall–Kier alpha value is -1.54. The van der Waals surface area contributed by atoms with Gasteiger partial charge in [0.1, 0.15) is 12.0 Å². The number of hydrazine groups is 1. The smallest absolute Gasteiger partial charge is 0.328 e. The highest BCUT2D eigenvalue weighted by atomic mass is 31.2. The van der Waals surface area contributed by atoms with E-state index >= 15 is 0 Å². The van der Waals surface area contributed by atoms with Crippen molar-refractivity contribution in [2.24, 2.45) is 5.73 Å². The molecule has 9 nitrogen and oxygen atoms in total. The van der Waals surface area contributed by atoms with Crippen molar-refractivity contribution >= 4 is 25.5 Å². The van der Waals surface area contributed by atoms with Crippen LogP contribution >= 0.6 is 7.72 Å². The summed E-state index contributed by atoms with van der Waals surface area (Å²) in [4.78, 5) is 57.0. The Morgan fingerprint density at radius 3 is 2.64 bits per heavy atom. The molecule has 2 aliphatic heterocycles. The number of fused-ring (bicyclic) bond motifs is 1. The average Bonchev–Trinajstić information content (AvgIpc) is 2.67. The van der Waals surface area contributed by atoms with Crippen LogP contribution in [0.15, 0.2) is 11.4 Å². The van der Waals surface area contributed by atoms with E-state index in [4.69, 9.17) is 5.73 Å². The summed E-state index contributed by atoms with van der Waals surface area (Å²) in [6, 6.07) is -1.12. The Balaban J connectivity index is 2.28. The number of nitrogens with zero attached hydrogens (tertiary/aromatic N) is 2. The Kier molecular flexibility index (Phi) is 6.51. The van der Waals surface area contributed by atoms with Crippen LogP contribution in [-0.2, 0) is 14.4 Å². The van der Waals surface area contributed by atoms with E-state index in [0.29, 0.717) is 25.8 Å². The van der Waals surface area contributed by atoms with Gasteiger partial charge >= 0.3 is 5.97 Å². The largest absolute Gasteiger partial charge is 0.480 e. The Bertz CT molecular complexity index is 580. The molecule has 0 spiro atoms. The van der Waals surface area contributed by atoms with Gasteiger partial charge in [-0.25, -0.2) is 19.6 Å². The second kappa shape index (κ2) is 8.23. The number of carbonyl (C=O) groups is 3. The van der Waals surface area contributed by atoms with Crippen molar-refractivity contribution in [3.63, 3.8) is 0 Å². The van der Waals surface area contributed by atoms with Crippen LogP contribution in [0.25, 0.3) is 0 Å². The van der Waals surface area contributed by atoms with E-state index in [0.717, 1.165) is 10.8 Å². The normalized spacial score (nSPS) is 23.6. The summed E-state index contributed by atoms with van der Waals surface area (Å²) in [5.74, 6) is -0.991. The number of carboxylic acids is 1. The van der Waals surface area contributed by atoms with Gasteiger partial charge in [0.05, 0.1) is 5.57 Å². The molecule has 2 rings (SSSR count). The fourth-order valence-electron chi connectivity index (χ4n) is 3.10. The third kappa shape index (κ3) is 4.76. The summed E-state index contributed by atoms with van der Waals surface area (Å²) in [7, 11) is -3.45. The summed E-state index contributed by atoms with van der Waals surface area (Å²) in [5, 5.41) is 11.5. The number of carbonyl (C=O) groups excluding carboxylic acids is 2. The zero-order chi connectivity index (χ0) is 18.6. The monoisotopic (exact) mass is 374 g/mol. The third-order valence-electron chi connectivity index (χ3n) is 4.37. The van der Waals surface area contributed by atoms with Crippen LogP contribution in [0.5, 0.6) is 0 Å². The van der Waals surface area contributed by atoms with Crippen molar-refractivity contribution in [1.29, 1.82) is 0 Å². The predicted molar refractivity (Wildman–Crippen MR) is 91.0 cm³/mol. The lowest BCUT2D eigenvalue weighted by atomic mass is 10.1. The third-order valence-corrected chi connectivity index (χ3v) is 6.07. The van der Waals surface area contributed by atoms with Gasteiger partial charge in [-0.1, -0.05) is 0 Å². The number of carboxylic acid groups (broad SMARTS) is 1. The van der Waals surface area contributed by atoms with Gasteiger partial charge in [-0.15, -0.1) is 0 Å².